The minimum absolute atomic E-state index is 0.124. The fourth-order valence-electron chi connectivity index (χ4n) is 4.90. The first kappa shape index (κ1) is 19.4. The zero-order chi connectivity index (χ0) is 22.3. The van der Waals surface area contributed by atoms with Crippen molar-refractivity contribution in [2.75, 3.05) is 5.01 Å². The molecule has 5 aromatic rings. The van der Waals surface area contributed by atoms with Crippen LogP contribution in [0.3, 0.4) is 0 Å². The van der Waals surface area contributed by atoms with Crippen LogP contribution in [-0.2, 0) is 5.54 Å². The highest BCUT2D eigenvalue weighted by atomic mass is 15.6. The number of hydrazone groups is 1. The van der Waals surface area contributed by atoms with Crippen molar-refractivity contribution < 1.29 is 0 Å². The topological polar surface area (TPSA) is 46.3 Å². The molecule has 4 aromatic carbocycles. The van der Waals surface area contributed by atoms with Crippen LogP contribution in [0.2, 0.25) is 0 Å². The lowest BCUT2D eigenvalue weighted by Gasteiger charge is -2.36. The molecule has 1 aliphatic heterocycles. The molecule has 0 saturated heterocycles. The quantitative estimate of drug-likeness (QED) is 0.362. The summed E-state index contributed by atoms with van der Waals surface area (Å²) in [6, 6.07) is 39.3. The number of aromatic nitrogens is 3. The predicted octanol–water partition coefficient (Wildman–Crippen LogP) is 5.81. The highest BCUT2D eigenvalue weighted by molar-refractivity contribution is 6.09. The van der Waals surface area contributed by atoms with Crippen LogP contribution in [0.25, 0.3) is 11.0 Å². The Morgan fingerprint density at radius 2 is 1.30 bits per heavy atom. The summed E-state index contributed by atoms with van der Waals surface area (Å²) >= 11 is 0. The van der Waals surface area contributed by atoms with Gasteiger partial charge in [-0.2, -0.15) is 5.10 Å². The number of hydrogen-bond donors (Lipinski definition) is 0. The van der Waals surface area contributed by atoms with Crippen molar-refractivity contribution >= 4 is 22.4 Å². The van der Waals surface area contributed by atoms with Gasteiger partial charge in [-0.05, 0) is 36.8 Å². The average Bonchev–Trinajstić information content (AvgIpc) is 3.45. The van der Waals surface area contributed by atoms with Crippen LogP contribution in [0.4, 0.5) is 5.69 Å². The number of para-hydroxylation sites is 2. The van der Waals surface area contributed by atoms with Gasteiger partial charge in [-0.1, -0.05) is 96.2 Å². The molecular formula is C28H23N5. The third-order valence-corrected chi connectivity index (χ3v) is 6.44. The maximum Gasteiger partial charge on any atom is 0.133 e. The smallest absolute Gasteiger partial charge is 0.133 e. The number of fused-ring (bicyclic) bond motifs is 1. The minimum Gasteiger partial charge on any atom is -0.255 e. The van der Waals surface area contributed by atoms with E-state index in [9.17, 15) is 0 Å². The van der Waals surface area contributed by atoms with Crippen molar-refractivity contribution in [3.05, 3.63) is 126 Å². The summed E-state index contributed by atoms with van der Waals surface area (Å²) in [5.41, 5.74) is 5.46. The van der Waals surface area contributed by atoms with E-state index >= 15 is 0 Å². The van der Waals surface area contributed by atoms with Crippen LogP contribution in [0.5, 0.6) is 0 Å². The Bertz CT molecular complexity index is 1430. The van der Waals surface area contributed by atoms with Crippen molar-refractivity contribution in [2.45, 2.75) is 18.5 Å². The lowest BCUT2D eigenvalue weighted by molar-refractivity contribution is 0.343. The molecule has 2 atom stereocenters. The molecule has 0 N–H and O–H groups in total. The number of nitrogens with zero attached hydrogens (tertiary/aromatic N) is 5. The van der Waals surface area contributed by atoms with Crippen molar-refractivity contribution in [3.8, 4) is 0 Å². The maximum absolute atomic E-state index is 5.26. The molecule has 6 rings (SSSR count). The Hall–Kier alpha value is -4.25. The Morgan fingerprint density at radius 3 is 2.03 bits per heavy atom. The normalized spacial score (nSPS) is 20.2. The second-order valence-electron chi connectivity index (χ2n) is 8.45. The second kappa shape index (κ2) is 7.71. The number of benzene rings is 4. The number of hydrogen-bond acceptors (Lipinski definition) is 4. The van der Waals surface area contributed by atoms with E-state index in [1.807, 2.05) is 36.4 Å². The van der Waals surface area contributed by atoms with Gasteiger partial charge in [-0.15, -0.1) is 5.10 Å². The molecular weight excluding hydrogens is 406 g/mol. The molecule has 0 fully saturated rings. The van der Waals surface area contributed by atoms with E-state index in [1.54, 1.807) is 0 Å². The summed E-state index contributed by atoms with van der Waals surface area (Å²) in [6.45, 7) is 2.22. The molecule has 0 radical (unpaired) electrons. The molecule has 0 aliphatic carbocycles. The average molecular weight is 430 g/mol. The second-order valence-corrected chi connectivity index (χ2v) is 8.45. The first-order valence-electron chi connectivity index (χ1n) is 11.1. The molecule has 5 nitrogen and oxygen atoms in total. The minimum atomic E-state index is -0.616. The van der Waals surface area contributed by atoms with Crippen LogP contribution in [0.1, 0.15) is 24.1 Å². The van der Waals surface area contributed by atoms with E-state index in [-0.39, 0.29) is 6.04 Å². The predicted molar refractivity (Wildman–Crippen MR) is 132 cm³/mol. The van der Waals surface area contributed by atoms with Crippen molar-refractivity contribution in [2.24, 2.45) is 5.10 Å². The van der Waals surface area contributed by atoms with Gasteiger partial charge in [-0.3, -0.25) is 5.01 Å². The Labute approximate surface area is 192 Å². The molecule has 0 saturated carbocycles. The van der Waals surface area contributed by atoms with Crippen molar-refractivity contribution in [3.63, 3.8) is 0 Å². The Morgan fingerprint density at radius 1 is 0.697 bits per heavy atom. The summed E-state index contributed by atoms with van der Waals surface area (Å²) in [6.07, 6.45) is 0. The van der Waals surface area contributed by atoms with Crippen molar-refractivity contribution in [1.82, 2.24) is 15.0 Å². The largest absolute Gasteiger partial charge is 0.255 e. The van der Waals surface area contributed by atoms with Crippen LogP contribution in [-0.4, -0.2) is 20.7 Å². The summed E-state index contributed by atoms with van der Waals surface area (Å²) in [4.78, 5) is 0. The van der Waals surface area contributed by atoms with E-state index in [2.05, 4.69) is 106 Å². The van der Waals surface area contributed by atoms with Crippen LogP contribution in [0, 0.1) is 0 Å². The van der Waals surface area contributed by atoms with Gasteiger partial charge in [0.15, 0.2) is 0 Å². The van der Waals surface area contributed by atoms with E-state index in [0.29, 0.717) is 0 Å². The molecule has 0 amide bonds. The van der Waals surface area contributed by atoms with E-state index in [0.717, 1.165) is 33.6 Å². The fourth-order valence-corrected chi connectivity index (χ4v) is 4.90. The third-order valence-electron chi connectivity index (χ3n) is 6.44. The van der Waals surface area contributed by atoms with Gasteiger partial charge in [0.05, 0.1) is 16.9 Å². The molecule has 0 bridgehead atoms. The molecule has 2 unspecified atom stereocenters. The zero-order valence-corrected chi connectivity index (χ0v) is 18.3. The van der Waals surface area contributed by atoms with Gasteiger partial charge in [-0.25, -0.2) is 4.68 Å². The highest BCUT2D eigenvalue weighted by Gasteiger charge is 2.52. The van der Waals surface area contributed by atoms with Crippen LogP contribution in [0.15, 0.2) is 120 Å². The molecule has 5 heteroatoms. The van der Waals surface area contributed by atoms with Gasteiger partial charge in [0, 0.05) is 5.56 Å². The first-order chi connectivity index (χ1) is 16.3. The molecule has 1 aliphatic rings. The summed E-state index contributed by atoms with van der Waals surface area (Å²) in [7, 11) is 0. The van der Waals surface area contributed by atoms with E-state index in [4.69, 9.17) is 5.10 Å². The van der Waals surface area contributed by atoms with Gasteiger partial charge >= 0.3 is 0 Å². The zero-order valence-electron chi connectivity index (χ0n) is 18.3. The fraction of sp³-hybridized carbons (Fsp3) is 0.107. The molecule has 2 heterocycles. The monoisotopic (exact) mass is 429 g/mol. The standard InChI is InChI=1S/C28H23N5/c1-28(33-25-20-12-11-19-24(25)29-31-33)26(21-13-5-2-6-14-21)30-32(23-17-9-4-10-18-23)27(28)22-15-7-3-8-16-22/h2-20,27H,1H3. The maximum atomic E-state index is 5.26. The van der Waals surface area contributed by atoms with E-state index < -0.39 is 5.54 Å². The Kier molecular flexibility index (Phi) is 4.54. The van der Waals surface area contributed by atoms with Crippen LogP contribution >= 0.6 is 0 Å². The summed E-state index contributed by atoms with van der Waals surface area (Å²) in [5.74, 6) is 0. The first-order valence-corrected chi connectivity index (χ1v) is 11.1. The number of anilines is 1. The molecule has 0 spiro atoms. The summed E-state index contributed by atoms with van der Waals surface area (Å²) in [5, 5.41) is 16.6. The molecule has 33 heavy (non-hydrogen) atoms. The van der Waals surface area contributed by atoms with Crippen LogP contribution < -0.4 is 5.01 Å². The van der Waals surface area contributed by atoms with Gasteiger partial charge in [0.25, 0.3) is 0 Å². The molecule has 1 aromatic heterocycles. The van der Waals surface area contributed by atoms with Gasteiger partial charge in [0.1, 0.15) is 17.1 Å². The SMILES string of the molecule is CC1(n2nnc3ccccc32)C(c2ccccc2)=NN(c2ccccc2)C1c1ccccc1. The molecule has 160 valence electrons. The van der Waals surface area contributed by atoms with E-state index in [1.165, 1.54) is 0 Å². The van der Waals surface area contributed by atoms with Gasteiger partial charge < -0.3 is 0 Å². The Balaban J connectivity index is 1.66. The van der Waals surface area contributed by atoms with Gasteiger partial charge in [0.2, 0.25) is 0 Å². The number of rotatable bonds is 4. The lowest BCUT2D eigenvalue weighted by atomic mass is 9.80. The van der Waals surface area contributed by atoms with Crippen molar-refractivity contribution in [1.29, 1.82) is 0 Å². The highest BCUT2D eigenvalue weighted by Crippen LogP contribution is 2.48. The third kappa shape index (κ3) is 3.04. The summed E-state index contributed by atoms with van der Waals surface area (Å²) < 4.78 is 2.05. The lowest BCUT2D eigenvalue weighted by Crippen LogP contribution is -2.45.